The highest BCUT2D eigenvalue weighted by molar-refractivity contribution is 5.83. The molecule has 0 bridgehead atoms. The van der Waals surface area contributed by atoms with Crippen molar-refractivity contribution < 1.29 is 19.0 Å². The first-order chi connectivity index (χ1) is 12.2. The van der Waals surface area contributed by atoms with E-state index in [0.717, 1.165) is 33.8 Å². The topological polar surface area (TPSA) is 63.9 Å². The number of para-hydroxylation sites is 2. The molecule has 0 saturated heterocycles. The number of rotatable bonds is 8. The van der Waals surface area contributed by atoms with Gasteiger partial charge < -0.3 is 24.3 Å². The van der Waals surface area contributed by atoms with E-state index in [2.05, 4.69) is 12.2 Å². The number of furan rings is 1. The van der Waals surface area contributed by atoms with Crippen LogP contribution >= 0.6 is 0 Å². The van der Waals surface area contributed by atoms with Crippen LogP contribution in [0.25, 0.3) is 11.0 Å². The molecule has 2 aromatic carbocycles. The van der Waals surface area contributed by atoms with Crippen molar-refractivity contribution in [1.82, 2.24) is 5.32 Å². The molecule has 5 heteroatoms. The van der Waals surface area contributed by atoms with Gasteiger partial charge in [-0.2, -0.15) is 0 Å². The summed E-state index contributed by atoms with van der Waals surface area (Å²) in [5, 5.41) is 13.4. The van der Waals surface area contributed by atoms with Crippen molar-refractivity contribution >= 4 is 11.0 Å². The number of aliphatic hydroxyl groups excluding tert-OH is 1. The Morgan fingerprint density at radius 3 is 2.72 bits per heavy atom. The third kappa shape index (κ3) is 3.95. The van der Waals surface area contributed by atoms with Gasteiger partial charge in [-0.1, -0.05) is 30.3 Å². The Labute approximate surface area is 147 Å². The highest BCUT2D eigenvalue weighted by atomic mass is 16.5. The first kappa shape index (κ1) is 17.3. The van der Waals surface area contributed by atoms with Gasteiger partial charge in [-0.3, -0.25) is 0 Å². The van der Waals surface area contributed by atoms with Crippen LogP contribution in [0.4, 0.5) is 0 Å². The van der Waals surface area contributed by atoms with Crippen molar-refractivity contribution in [1.29, 1.82) is 0 Å². The first-order valence-electron chi connectivity index (χ1n) is 8.34. The molecule has 0 aliphatic carbocycles. The second-order valence-corrected chi connectivity index (χ2v) is 5.81. The van der Waals surface area contributed by atoms with Crippen molar-refractivity contribution in [3.05, 3.63) is 59.9 Å². The molecule has 25 heavy (non-hydrogen) atoms. The molecular weight excluding hydrogens is 318 g/mol. The summed E-state index contributed by atoms with van der Waals surface area (Å²) in [5.74, 6) is 2.37. The molecule has 0 aliphatic rings. The lowest BCUT2D eigenvalue weighted by Gasteiger charge is -2.14. The van der Waals surface area contributed by atoms with Crippen LogP contribution in [0.3, 0.4) is 0 Å². The molecule has 1 unspecified atom stereocenters. The van der Waals surface area contributed by atoms with E-state index in [1.54, 1.807) is 7.11 Å². The quantitative estimate of drug-likeness (QED) is 0.655. The van der Waals surface area contributed by atoms with Crippen LogP contribution in [0.2, 0.25) is 0 Å². The van der Waals surface area contributed by atoms with E-state index in [-0.39, 0.29) is 19.3 Å². The molecule has 5 nitrogen and oxygen atoms in total. The minimum atomic E-state index is -0.00101. The van der Waals surface area contributed by atoms with Crippen molar-refractivity contribution in [2.75, 3.05) is 20.3 Å². The Kier molecular flexibility index (Phi) is 5.58. The zero-order valence-electron chi connectivity index (χ0n) is 14.5. The molecule has 0 saturated carbocycles. The van der Waals surface area contributed by atoms with Crippen LogP contribution in [-0.4, -0.2) is 25.4 Å². The summed E-state index contributed by atoms with van der Waals surface area (Å²) < 4.78 is 16.9. The summed E-state index contributed by atoms with van der Waals surface area (Å²) >= 11 is 0. The molecule has 0 radical (unpaired) electrons. The Morgan fingerprint density at radius 2 is 1.92 bits per heavy atom. The molecule has 132 valence electrons. The molecule has 1 aromatic heterocycles. The van der Waals surface area contributed by atoms with Gasteiger partial charge in [0.05, 0.1) is 19.8 Å². The predicted octanol–water partition coefficient (Wildman–Crippen LogP) is 3.66. The predicted molar refractivity (Wildman–Crippen MR) is 97.0 cm³/mol. The van der Waals surface area contributed by atoms with Crippen molar-refractivity contribution in [3.8, 4) is 11.5 Å². The van der Waals surface area contributed by atoms with Crippen LogP contribution in [0.5, 0.6) is 11.5 Å². The largest absolute Gasteiger partial charge is 0.493 e. The first-order valence-corrected chi connectivity index (χ1v) is 8.34. The van der Waals surface area contributed by atoms with Crippen LogP contribution in [0, 0.1) is 0 Å². The monoisotopic (exact) mass is 341 g/mol. The maximum Gasteiger partial charge on any atom is 0.176 e. The van der Waals surface area contributed by atoms with E-state index >= 15 is 0 Å². The number of methoxy groups -OCH3 is 1. The molecule has 3 rings (SSSR count). The molecule has 0 aliphatic heterocycles. The Morgan fingerprint density at radius 1 is 1.12 bits per heavy atom. The number of hydrogen-bond acceptors (Lipinski definition) is 5. The minimum Gasteiger partial charge on any atom is -0.493 e. The molecule has 3 aromatic rings. The SMILES string of the molecule is COc1cccc2cc(C(C)NCc3ccccc3OCCO)oc12. The zero-order valence-corrected chi connectivity index (χ0v) is 14.5. The second kappa shape index (κ2) is 8.05. The number of benzene rings is 2. The van der Waals surface area contributed by atoms with Gasteiger partial charge in [0.15, 0.2) is 11.3 Å². The fraction of sp³-hybridized carbons (Fsp3) is 0.300. The summed E-state index contributed by atoms with van der Waals surface area (Å²) in [5.41, 5.74) is 1.80. The van der Waals surface area contributed by atoms with Crippen LogP contribution in [-0.2, 0) is 6.54 Å². The van der Waals surface area contributed by atoms with Crippen LogP contribution in [0.1, 0.15) is 24.3 Å². The summed E-state index contributed by atoms with van der Waals surface area (Å²) in [6.45, 7) is 2.98. The molecular formula is C20H23NO4. The van der Waals surface area contributed by atoms with E-state index in [1.807, 2.05) is 48.5 Å². The van der Waals surface area contributed by atoms with Gasteiger partial charge in [-0.05, 0) is 25.1 Å². The van der Waals surface area contributed by atoms with E-state index < -0.39 is 0 Å². The maximum absolute atomic E-state index is 8.93. The number of fused-ring (bicyclic) bond motifs is 1. The lowest BCUT2D eigenvalue weighted by molar-refractivity contribution is 0.200. The number of ether oxygens (including phenoxy) is 2. The normalized spacial score (nSPS) is 12.3. The van der Waals surface area contributed by atoms with E-state index in [0.29, 0.717) is 6.54 Å². The zero-order chi connectivity index (χ0) is 17.6. The van der Waals surface area contributed by atoms with Gasteiger partial charge in [0.25, 0.3) is 0 Å². The van der Waals surface area contributed by atoms with Gasteiger partial charge >= 0.3 is 0 Å². The van der Waals surface area contributed by atoms with Gasteiger partial charge in [0, 0.05) is 17.5 Å². The molecule has 1 atom stereocenters. The number of hydrogen-bond donors (Lipinski definition) is 2. The minimum absolute atomic E-state index is 0.00101. The van der Waals surface area contributed by atoms with E-state index in [4.69, 9.17) is 19.0 Å². The van der Waals surface area contributed by atoms with Gasteiger partial charge in [-0.25, -0.2) is 0 Å². The molecule has 0 fully saturated rings. The van der Waals surface area contributed by atoms with Crippen molar-refractivity contribution in [2.24, 2.45) is 0 Å². The lowest BCUT2D eigenvalue weighted by Crippen LogP contribution is -2.18. The third-order valence-corrected chi connectivity index (χ3v) is 4.09. The third-order valence-electron chi connectivity index (χ3n) is 4.09. The maximum atomic E-state index is 8.93. The van der Waals surface area contributed by atoms with E-state index in [1.165, 1.54) is 0 Å². The smallest absolute Gasteiger partial charge is 0.176 e. The van der Waals surface area contributed by atoms with Gasteiger partial charge in [0.1, 0.15) is 18.1 Å². The Hall–Kier alpha value is -2.50. The molecule has 0 spiro atoms. The standard InChI is InChI=1S/C20H23NO4/c1-14(19-12-15-7-5-9-18(23-2)20(15)25-19)21-13-16-6-3-4-8-17(16)24-11-10-22/h3-9,12,14,21-22H,10-11,13H2,1-2H3. The second-order valence-electron chi connectivity index (χ2n) is 5.81. The van der Waals surface area contributed by atoms with Crippen molar-refractivity contribution in [2.45, 2.75) is 19.5 Å². The van der Waals surface area contributed by atoms with E-state index in [9.17, 15) is 0 Å². The highest BCUT2D eigenvalue weighted by Crippen LogP contribution is 2.31. The van der Waals surface area contributed by atoms with Gasteiger partial charge in [-0.15, -0.1) is 0 Å². The Bertz CT molecular complexity index is 827. The fourth-order valence-electron chi connectivity index (χ4n) is 2.74. The fourth-order valence-corrected chi connectivity index (χ4v) is 2.74. The molecule has 1 heterocycles. The van der Waals surface area contributed by atoms with Gasteiger partial charge in [0.2, 0.25) is 0 Å². The van der Waals surface area contributed by atoms with Crippen LogP contribution in [0.15, 0.2) is 52.9 Å². The Balaban J connectivity index is 1.72. The number of nitrogens with one attached hydrogen (secondary N) is 1. The summed E-state index contributed by atoms with van der Waals surface area (Å²) in [6, 6.07) is 15.7. The highest BCUT2D eigenvalue weighted by Gasteiger charge is 2.14. The van der Waals surface area contributed by atoms with Crippen LogP contribution < -0.4 is 14.8 Å². The summed E-state index contributed by atoms with van der Waals surface area (Å²) in [4.78, 5) is 0. The van der Waals surface area contributed by atoms with Crippen molar-refractivity contribution in [3.63, 3.8) is 0 Å². The molecule has 0 amide bonds. The summed E-state index contributed by atoms with van der Waals surface area (Å²) in [7, 11) is 1.64. The number of aliphatic hydroxyl groups is 1. The average Bonchev–Trinajstić information content (AvgIpc) is 3.09. The lowest BCUT2D eigenvalue weighted by atomic mass is 10.1. The summed E-state index contributed by atoms with van der Waals surface area (Å²) in [6.07, 6.45) is 0. The molecule has 2 N–H and O–H groups in total. The average molecular weight is 341 g/mol.